The smallest absolute Gasteiger partial charge is 0.321 e. The van der Waals surface area contributed by atoms with Crippen LogP contribution in [-0.2, 0) is 24.2 Å². The van der Waals surface area contributed by atoms with E-state index in [-0.39, 0.29) is 23.1 Å². The Bertz CT molecular complexity index is 1760. The third-order valence-electron chi connectivity index (χ3n) is 6.63. The van der Waals surface area contributed by atoms with Crippen LogP contribution in [0.2, 0.25) is 0 Å². The first-order chi connectivity index (χ1) is 21.9. The zero-order valence-electron chi connectivity index (χ0n) is 23.7. The zero-order valence-corrected chi connectivity index (χ0v) is 23.7. The third kappa shape index (κ3) is 7.36. The van der Waals surface area contributed by atoms with Gasteiger partial charge in [-0.3, -0.25) is 9.59 Å². The SMILES string of the molecule is Cc1cc(C(F)(C(F)(F)F)C(F)(F)F)cc(C(F)(F)F)c1NC(=O)c1cccc(N(C)C(=O)c2ccc(C(F)(F)F)nc2C(F)(F)F)c1F. The van der Waals surface area contributed by atoms with Crippen molar-refractivity contribution in [2.45, 2.75) is 43.5 Å². The lowest BCUT2D eigenvalue weighted by atomic mass is 9.90. The van der Waals surface area contributed by atoms with E-state index in [9.17, 15) is 79.8 Å². The summed E-state index contributed by atoms with van der Waals surface area (Å²) in [4.78, 5) is 28.2. The first-order valence-corrected chi connectivity index (χ1v) is 12.5. The van der Waals surface area contributed by atoms with Crippen molar-refractivity contribution in [3.8, 4) is 0 Å². The van der Waals surface area contributed by atoms with Crippen LogP contribution < -0.4 is 10.2 Å². The molecule has 3 aromatic rings. The molecule has 2 amide bonds. The van der Waals surface area contributed by atoms with Crippen molar-refractivity contribution < 1.29 is 84.2 Å². The zero-order chi connectivity index (χ0) is 37.9. The highest BCUT2D eigenvalue weighted by Gasteiger charge is 2.73. The number of anilines is 2. The lowest BCUT2D eigenvalue weighted by molar-refractivity contribution is -0.348. The van der Waals surface area contributed by atoms with Crippen LogP contribution in [0.4, 0.5) is 86.0 Å². The van der Waals surface area contributed by atoms with E-state index in [0.29, 0.717) is 26.1 Å². The van der Waals surface area contributed by atoms with Gasteiger partial charge in [-0.2, -0.15) is 65.9 Å². The van der Waals surface area contributed by atoms with Crippen molar-refractivity contribution in [2.75, 3.05) is 17.3 Å². The molecule has 0 radical (unpaired) electrons. The fraction of sp³-hybridized carbons (Fsp3) is 0.296. The number of carbonyl (C=O) groups is 2. The molecule has 1 N–H and O–H groups in total. The van der Waals surface area contributed by atoms with E-state index in [2.05, 4.69) is 4.98 Å². The van der Waals surface area contributed by atoms with Crippen LogP contribution in [0.1, 0.15) is 48.8 Å². The van der Waals surface area contributed by atoms with E-state index in [4.69, 9.17) is 0 Å². The summed E-state index contributed by atoms with van der Waals surface area (Å²) >= 11 is 0. The number of alkyl halides is 16. The monoisotopic (exact) mass is 735 g/mol. The number of aryl methyl sites for hydroxylation is 1. The number of rotatable bonds is 5. The Morgan fingerprint density at radius 1 is 0.714 bits per heavy atom. The van der Waals surface area contributed by atoms with E-state index in [0.717, 1.165) is 6.07 Å². The highest BCUT2D eigenvalue weighted by Crippen LogP contribution is 2.54. The Hall–Kier alpha value is -4.66. The molecule has 0 unspecified atom stereocenters. The standard InChI is InChI=1S/C27H14F17N3O2/c1-10-8-11(22(29,26(39,40)41)27(42,43)44)9-14(23(30,31)32)18(10)46-20(48)12-4-3-5-15(17(12)28)47(2)21(49)13-6-7-16(24(33,34)35)45-19(13)25(36,37)38/h3-9H,1-2H3,(H,46,48). The van der Waals surface area contributed by atoms with Crippen LogP contribution in [0.3, 0.4) is 0 Å². The van der Waals surface area contributed by atoms with Gasteiger partial charge in [-0.05, 0) is 42.8 Å². The summed E-state index contributed by atoms with van der Waals surface area (Å²) in [6, 6.07) is 0.757. The molecule has 1 heterocycles. The van der Waals surface area contributed by atoms with Crippen molar-refractivity contribution in [2.24, 2.45) is 0 Å². The number of carbonyl (C=O) groups excluding carboxylic acids is 2. The summed E-state index contributed by atoms with van der Waals surface area (Å²) in [6.45, 7) is 0.442. The molecule has 22 heteroatoms. The molecule has 0 spiro atoms. The maximum absolute atomic E-state index is 15.5. The minimum Gasteiger partial charge on any atom is -0.321 e. The molecule has 2 aromatic carbocycles. The van der Waals surface area contributed by atoms with Crippen LogP contribution in [0.5, 0.6) is 0 Å². The molecule has 0 fully saturated rings. The van der Waals surface area contributed by atoms with Crippen molar-refractivity contribution in [1.29, 1.82) is 0 Å². The number of halogens is 17. The average Bonchev–Trinajstić information content (AvgIpc) is 2.93. The van der Waals surface area contributed by atoms with Gasteiger partial charge < -0.3 is 10.2 Å². The predicted molar refractivity (Wildman–Crippen MR) is 132 cm³/mol. The van der Waals surface area contributed by atoms with Crippen molar-refractivity contribution >= 4 is 23.2 Å². The highest BCUT2D eigenvalue weighted by molar-refractivity contribution is 6.09. The number of benzene rings is 2. The third-order valence-corrected chi connectivity index (χ3v) is 6.63. The maximum atomic E-state index is 15.5. The minimum absolute atomic E-state index is 0.00123. The van der Waals surface area contributed by atoms with Gasteiger partial charge in [-0.25, -0.2) is 13.8 Å². The van der Waals surface area contributed by atoms with E-state index >= 15 is 4.39 Å². The van der Waals surface area contributed by atoms with Crippen LogP contribution in [-0.4, -0.2) is 36.2 Å². The van der Waals surface area contributed by atoms with Crippen LogP contribution in [0.25, 0.3) is 0 Å². The largest absolute Gasteiger partial charge is 0.435 e. The van der Waals surface area contributed by atoms with Crippen LogP contribution >= 0.6 is 0 Å². The van der Waals surface area contributed by atoms with Gasteiger partial charge in [0.1, 0.15) is 5.69 Å². The number of nitrogens with zero attached hydrogens (tertiary/aromatic N) is 2. The molecule has 0 aliphatic carbocycles. The molecule has 3 rings (SSSR count). The molecule has 49 heavy (non-hydrogen) atoms. The Kier molecular flexibility index (Phi) is 9.77. The summed E-state index contributed by atoms with van der Waals surface area (Å²) in [7, 11) is 0.579. The molecule has 0 bridgehead atoms. The normalized spacial score (nSPS) is 13.4. The van der Waals surface area contributed by atoms with Gasteiger partial charge in [0.2, 0.25) is 0 Å². The molecular formula is C27H14F17N3O2. The number of hydrogen-bond acceptors (Lipinski definition) is 3. The van der Waals surface area contributed by atoms with E-state index in [1.165, 1.54) is 5.32 Å². The summed E-state index contributed by atoms with van der Waals surface area (Å²) in [6.07, 6.45) is -30.6. The van der Waals surface area contributed by atoms with Gasteiger partial charge >= 0.3 is 36.6 Å². The maximum Gasteiger partial charge on any atom is 0.435 e. The van der Waals surface area contributed by atoms with Crippen LogP contribution in [0.15, 0.2) is 42.5 Å². The summed E-state index contributed by atoms with van der Waals surface area (Å²) < 4.78 is 230. The quantitative estimate of drug-likeness (QED) is 0.266. The van der Waals surface area contributed by atoms with Gasteiger partial charge in [0.15, 0.2) is 11.5 Å². The second-order valence-electron chi connectivity index (χ2n) is 9.91. The minimum atomic E-state index is -6.82. The van der Waals surface area contributed by atoms with E-state index < -0.39 is 111 Å². The van der Waals surface area contributed by atoms with Gasteiger partial charge in [0.25, 0.3) is 11.8 Å². The molecule has 0 aliphatic heterocycles. The predicted octanol–water partition coefficient (Wildman–Crippen LogP) is 9.40. The van der Waals surface area contributed by atoms with Crippen molar-refractivity contribution in [3.63, 3.8) is 0 Å². The van der Waals surface area contributed by atoms with Gasteiger partial charge in [-0.1, -0.05) is 12.1 Å². The number of aromatic nitrogens is 1. The van der Waals surface area contributed by atoms with Gasteiger partial charge in [-0.15, -0.1) is 0 Å². The molecule has 1 aromatic heterocycles. The van der Waals surface area contributed by atoms with E-state index in [1.54, 1.807) is 0 Å². The second-order valence-corrected chi connectivity index (χ2v) is 9.91. The Labute approximate surface area is 261 Å². The summed E-state index contributed by atoms with van der Waals surface area (Å²) in [5.74, 6) is -5.62. The summed E-state index contributed by atoms with van der Waals surface area (Å²) in [5.41, 5.74) is -22.5. The molecule has 0 atom stereocenters. The summed E-state index contributed by atoms with van der Waals surface area (Å²) in [5, 5.41) is 1.42. The van der Waals surface area contributed by atoms with E-state index in [1.807, 2.05) is 0 Å². The molecule has 5 nitrogen and oxygen atoms in total. The first kappa shape index (κ1) is 38.8. The molecule has 268 valence electrons. The number of hydrogen-bond donors (Lipinski definition) is 1. The lowest BCUT2D eigenvalue weighted by Crippen LogP contribution is -2.50. The van der Waals surface area contributed by atoms with Crippen LogP contribution in [0, 0.1) is 12.7 Å². The number of pyridine rings is 1. The molecule has 0 saturated carbocycles. The number of nitrogens with one attached hydrogen (secondary N) is 1. The number of amides is 2. The lowest BCUT2D eigenvalue weighted by Gasteiger charge is -2.31. The second kappa shape index (κ2) is 12.3. The fourth-order valence-electron chi connectivity index (χ4n) is 4.29. The average molecular weight is 735 g/mol. The highest BCUT2D eigenvalue weighted by atomic mass is 19.4. The Morgan fingerprint density at radius 2 is 1.27 bits per heavy atom. The van der Waals surface area contributed by atoms with Crippen molar-refractivity contribution in [3.05, 3.63) is 87.5 Å². The van der Waals surface area contributed by atoms with Gasteiger partial charge in [0, 0.05) is 12.6 Å². The fourth-order valence-corrected chi connectivity index (χ4v) is 4.29. The topological polar surface area (TPSA) is 62.3 Å². The van der Waals surface area contributed by atoms with Crippen molar-refractivity contribution in [1.82, 2.24) is 4.98 Å². The molecule has 0 aliphatic rings. The molecule has 0 saturated heterocycles. The Balaban J connectivity index is 2.10. The molecular weight excluding hydrogens is 721 g/mol. The van der Waals surface area contributed by atoms with Gasteiger partial charge in [0.05, 0.1) is 28.1 Å². The Morgan fingerprint density at radius 3 is 1.73 bits per heavy atom. The first-order valence-electron chi connectivity index (χ1n) is 12.5.